The SMILES string of the molecule is Cn1cc2c3cc(C(=O)NCCN)ccc3n(-c3ccc(C(F)(F)F)cc3)c2n1. The van der Waals surface area contributed by atoms with Crippen molar-refractivity contribution in [2.75, 3.05) is 13.1 Å². The molecule has 150 valence electrons. The molecule has 2 aromatic heterocycles. The monoisotopic (exact) mass is 401 g/mol. The van der Waals surface area contributed by atoms with Crippen LogP contribution in [0.2, 0.25) is 0 Å². The van der Waals surface area contributed by atoms with E-state index in [0.29, 0.717) is 30.0 Å². The molecule has 0 fully saturated rings. The third-order valence-electron chi connectivity index (χ3n) is 4.69. The first-order valence-electron chi connectivity index (χ1n) is 8.93. The predicted octanol–water partition coefficient (Wildman–Crippen LogP) is 3.22. The summed E-state index contributed by atoms with van der Waals surface area (Å²) in [4.78, 5) is 12.3. The highest BCUT2D eigenvalue weighted by Crippen LogP contribution is 2.34. The third kappa shape index (κ3) is 3.33. The molecule has 2 heterocycles. The van der Waals surface area contributed by atoms with Gasteiger partial charge in [-0.2, -0.15) is 18.3 Å². The maximum absolute atomic E-state index is 12.9. The lowest BCUT2D eigenvalue weighted by molar-refractivity contribution is -0.137. The summed E-state index contributed by atoms with van der Waals surface area (Å²) < 4.78 is 42.2. The van der Waals surface area contributed by atoms with Crippen molar-refractivity contribution >= 4 is 27.8 Å². The molecule has 29 heavy (non-hydrogen) atoms. The summed E-state index contributed by atoms with van der Waals surface area (Å²) in [6, 6.07) is 10.1. The van der Waals surface area contributed by atoms with Gasteiger partial charge in [-0.05, 0) is 42.5 Å². The van der Waals surface area contributed by atoms with Gasteiger partial charge < -0.3 is 11.1 Å². The zero-order valence-electron chi connectivity index (χ0n) is 15.5. The van der Waals surface area contributed by atoms with Gasteiger partial charge in [-0.1, -0.05) is 0 Å². The number of rotatable bonds is 4. The Morgan fingerprint density at radius 3 is 2.52 bits per heavy atom. The second-order valence-corrected chi connectivity index (χ2v) is 6.70. The van der Waals surface area contributed by atoms with E-state index in [4.69, 9.17) is 5.73 Å². The quantitative estimate of drug-likeness (QED) is 0.551. The van der Waals surface area contributed by atoms with Gasteiger partial charge in [0.15, 0.2) is 5.65 Å². The molecule has 0 radical (unpaired) electrons. The van der Waals surface area contributed by atoms with Crippen LogP contribution in [0.5, 0.6) is 0 Å². The Labute approximate surface area is 163 Å². The molecule has 0 aliphatic heterocycles. The average Bonchev–Trinajstić information content (AvgIpc) is 3.19. The number of halogens is 3. The number of carbonyl (C=O) groups is 1. The summed E-state index contributed by atoms with van der Waals surface area (Å²) >= 11 is 0. The highest BCUT2D eigenvalue weighted by Gasteiger charge is 2.30. The van der Waals surface area contributed by atoms with E-state index in [1.54, 1.807) is 34.5 Å². The highest BCUT2D eigenvalue weighted by molar-refractivity contribution is 6.10. The fraction of sp³-hybridized carbons (Fsp3) is 0.200. The van der Waals surface area contributed by atoms with E-state index in [0.717, 1.165) is 28.4 Å². The Kier molecular flexibility index (Phi) is 4.54. The molecular weight excluding hydrogens is 383 g/mol. The standard InChI is InChI=1S/C20H18F3N5O/c1-27-11-16-15-10-12(19(29)25-9-8-24)2-7-17(15)28(18(16)26-27)14-5-3-13(4-6-14)20(21,22)23/h2-7,10-11H,8-9,24H2,1H3,(H,25,29). The molecule has 9 heteroatoms. The van der Waals surface area contributed by atoms with E-state index in [2.05, 4.69) is 10.4 Å². The van der Waals surface area contributed by atoms with Crippen LogP contribution in [0.25, 0.3) is 27.6 Å². The molecular formula is C20H18F3N5O. The van der Waals surface area contributed by atoms with Crippen molar-refractivity contribution in [3.63, 3.8) is 0 Å². The van der Waals surface area contributed by atoms with E-state index in [9.17, 15) is 18.0 Å². The lowest BCUT2D eigenvalue weighted by Gasteiger charge is -2.10. The van der Waals surface area contributed by atoms with Crippen molar-refractivity contribution in [2.45, 2.75) is 6.18 Å². The normalized spacial score (nSPS) is 12.0. The topological polar surface area (TPSA) is 77.9 Å². The number of benzene rings is 2. The Bertz CT molecular complexity index is 1210. The maximum Gasteiger partial charge on any atom is 0.416 e. The molecule has 4 rings (SSSR count). The van der Waals surface area contributed by atoms with Crippen LogP contribution in [0, 0.1) is 0 Å². The van der Waals surface area contributed by atoms with Gasteiger partial charge in [0.25, 0.3) is 5.91 Å². The third-order valence-corrected chi connectivity index (χ3v) is 4.69. The number of nitrogens with one attached hydrogen (secondary N) is 1. The van der Waals surface area contributed by atoms with Crippen molar-refractivity contribution in [1.82, 2.24) is 19.7 Å². The summed E-state index contributed by atoms with van der Waals surface area (Å²) in [7, 11) is 1.76. The summed E-state index contributed by atoms with van der Waals surface area (Å²) in [5.74, 6) is -0.239. The maximum atomic E-state index is 12.9. The Hall–Kier alpha value is -3.33. The number of carbonyl (C=O) groups excluding carboxylic acids is 1. The number of aromatic nitrogens is 3. The minimum absolute atomic E-state index is 0.239. The minimum atomic E-state index is -4.40. The minimum Gasteiger partial charge on any atom is -0.351 e. The molecule has 0 bridgehead atoms. The van der Waals surface area contributed by atoms with Crippen molar-refractivity contribution in [3.8, 4) is 5.69 Å². The van der Waals surface area contributed by atoms with Crippen LogP contribution in [0.15, 0.2) is 48.7 Å². The zero-order chi connectivity index (χ0) is 20.8. The van der Waals surface area contributed by atoms with Crippen LogP contribution in [0.4, 0.5) is 13.2 Å². The first kappa shape index (κ1) is 19.0. The van der Waals surface area contributed by atoms with Gasteiger partial charge in [0.1, 0.15) is 0 Å². The van der Waals surface area contributed by atoms with Crippen LogP contribution in [-0.2, 0) is 13.2 Å². The number of amides is 1. The Morgan fingerprint density at radius 1 is 1.14 bits per heavy atom. The molecule has 0 aliphatic rings. The highest BCUT2D eigenvalue weighted by atomic mass is 19.4. The molecule has 0 aliphatic carbocycles. The Balaban J connectivity index is 1.88. The first-order chi connectivity index (χ1) is 13.8. The number of alkyl halides is 3. The van der Waals surface area contributed by atoms with Crippen LogP contribution >= 0.6 is 0 Å². The summed E-state index contributed by atoms with van der Waals surface area (Å²) in [5.41, 5.74) is 7.09. The lowest BCUT2D eigenvalue weighted by atomic mass is 10.1. The number of aryl methyl sites for hydroxylation is 1. The second kappa shape index (κ2) is 6.93. The molecule has 6 nitrogen and oxygen atoms in total. The van der Waals surface area contributed by atoms with E-state index >= 15 is 0 Å². The summed E-state index contributed by atoms with van der Waals surface area (Å²) in [6.45, 7) is 0.705. The van der Waals surface area contributed by atoms with Crippen LogP contribution < -0.4 is 11.1 Å². The number of hydrogen-bond acceptors (Lipinski definition) is 3. The van der Waals surface area contributed by atoms with Gasteiger partial charge >= 0.3 is 6.18 Å². The van der Waals surface area contributed by atoms with Crippen LogP contribution in [0.1, 0.15) is 15.9 Å². The molecule has 3 N–H and O–H groups in total. The summed E-state index contributed by atoms with van der Waals surface area (Å²) in [6.07, 6.45) is -2.58. The largest absolute Gasteiger partial charge is 0.416 e. The van der Waals surface area contributed by atoms with E-state index in [1.165, 1.54) is 12.1 Å². The molecule has 0 spiro atoms. The molecule has 2 aromatic carbocycles. The van der Waals surface area contributed by atoms with Gasteiger partial charge in [0.05, 0.1) is 11.1 Å². The molecule has 0 atom stereocenters. The molecule has 0 saturated carbocycles. The number of fused-ring (bicyclic) bond motifs is 3. The van der Waals surface area contributed by atoms with Crippen molar-refractivity contribution in [2.24, 2.45) is 12.8 Å². The lowest BCUT2D eigenvalue weighted by Crippen LogP contribution is -2.28. The average molecular weight is 401 g/mol. The zero-order valence-corrected chi connectivity index (χ0v) is 15.5. The number of hydrogen-bond donors (Lipinski definition) is 2. The Morgan fingerprint density at radius 2 is 1.86 bits per heavy atom. The predicted molar refractivity (Wildman–Crippen MR) is 104 cm³/mol. The van der Waals surface area contributed by atoms with Gasteiger partial charge in [0, 0.05) is 48.4 Å². The molecule has 4 aromatic rings. The molecule has 0 saturated heterocycles. The number of nitrogens with two attached hydrogens (primary N) is 1. The van der Waals surface area contributed by atoms with E-state index in [-0.39, 0.29) is 5.91 Å². The van der Waals surface area contributed by atoms with Gasteiger partial charge in [-0.25, -0.2) is 0 Å². The fourth-order valence-corrected chi connectivity index (χ4v) is 3.38. The van der Waals surface area contributed by atoms with Gasteiger partial charge in [-0.3, -0.25) is 14.0 Å². The second-order valence-electron chi connectivity index (χ2n) is 6.70. The van der Waals surface area contributed by atoms with E-state index in [1.807, 2.05) is 6.20 Å². The first-order valence-corrected chi connectivity index (χ1v) is 8.93. The van der Waals surface area contributed by atoms with Crippen molar-refractivity contribution in [1.29, 1.82) is 0 Å². The molecule has 0 unspecified atom stereocenters. The van der Waals surface area contributed by atoms with Crippen molar-refractivity contribution in [3.05, 3.63) is 59.8 Å². The fourth-order valence-electron chi connectivity index (χ4n) is 3.38. The molecule has 1 amide bonds. The van der Waals surface area contributed by atoms with Crippen LogP contribution in [0.3, 0.4) is 0 Å². The summed E-state index contributed by atoms with van der Waals surface area (Å²) in [5, 5.41) is 8.78. The smallest absolute Gasteiger partial charge is 0.351 e. The number of nitrogens with zero attached hydrogens (tertiary/aromatic N) is 3. The van der Waals surface area contributed by atoms with Crippen molar-refractivity contribution < 1.29 is 18.0 Å². The van der Waals surface area contributed by atoms with E-state index < -0.39 is 11.7 Å². The van der Waals surface area contributed by atoms with Crippen LogP contribution in [-0.4, -0.2) is 33.3 Å². The van der Waals surface area contributed by atoms with Gasteiger partial charge in [-0.15, -0.1) is 0 Å². The van der Waals surface area contributed by atoms with Gasteiger partial charge in [0.2, 0.25) is 0 Å².